The minimum Gasteiger partial charge on any atom is -0.381 e. The Labute approximate surface area is 129 Å². The van der Waals surface area contributed by atoms with Crippen LogP contribution >= 0.6 is 0 Å². The zero-order valence-electron chi connectivity index (χ0n) is 13.4. The number of nitrogens with two attached hydrogens (primary N) is 1. The summed E-state index contributed by atoms with van der Waals surface area (Å²) < 4.78 is 33.2. The van der Waals surface area contributed by atoms with E-state index < -0.39 is 10.0 Å². The molecule has 2 aliphatic rings. The Balaban J connectivity index is 2.23. The van der Waals surface area contributed by atoms with Gasteiger partial charge in [0.05, 0.1) is 5.25 Å². The number of likely N-dealkylation sites (N-methyl/N-ethyl adjacent to an activating group) is 1. The average molecular weight is 318 g/mol. The second-order valence-electron chi connectivity index (χ2n) is 6.63. The number of hydrogen-bond donors (Lipinski definition) is 1. The fraction of sp³-hybridized carbons (Fsp3) is 1.00. The first-order valence-electron chi connectivity index (χ1n) is 8.26. The lowest BCUT2D eigenvalue weighted by Crippen LogP contribution is -2.59. The molecule has 1 saturated carbocycles. The zero-order valence-corrected chi connectivity index (χ0v) is 14.2. The molecule has 0 radical (unpaired) electrons. The molecule has 1 saturated heterocycles. The zero-order chi connectivity index (χ0) is 15.5. The highest BCUT2D eigenvalue weighted by atomic mass is 32.2. The molecule has 1 aliphatic heterocycles. The number of sulfonamides is 1. The van der Waals surface area contributed by atoms with Gasteiger partial charge in [0.1, 0.15) is 0 Å². The van der Waals surface area contributed by atoms with Gasteiger partial charge < -0.3 is 10.5 Å². The van der Waals surface area contributed by atoms with E-state index >= 15 is 0 Å². The number of nitrogens with zero attached hydrogens (tertiary/aromatic N) is 1. The maximum absolute atomic E-state index is 13.1. The van der Waals surface area contributed by atoms with Crippen molar-refractivity contribution in [3.05, 3.63) is 0 Å². The van der Waals surface area contributed by atoms with E-state index in [-0.39, 0.29) is 10.8 Å². The SMILES string of the molecule is CCN(C1(CN)CCC(C)CC1)S(=O)(=O)C1CCOCC1. The van der Waals surface area contributed by atoms with Gasteiger partial charge in [0.25, 0.3) is 0 Å². The molecule has 0 aromatic heterocycles. The third-order valence-electron chi connectivity index (χ3n) is 5.30. The maximum atomic E-state index is 13.1. The van der Waals surface area contributed by atoms with E-state index in [0.717, 1.165) is 25.7 Å². The lowest BCUT2D eigenvalue weighted by molar-refractivity contribution is 0.0901. The fourth-order valence-electron chi connectivity index (χ4n) is 3.79. The van der Waals surface area contributed by atoms with Gasteiger partial charge in [-0.3, -0.25) is 0 Å². The Morgan fingerprint density at radius 2 is 1.76 bits per heavy atom. The minimum atomic E-state index is -3.29. The molecule has 0 bridgehead atoms. The van der Waals surface area contributed by atoms with Crippen molar-refractivity contribution >= 4 is 10.0 Å². The van der Waals surface area contributed by atoms with Crippen LogP contribution in [0.2, 0.25) is 0 Å². The second kappa shape index (κ2) is 6.94. The van der Waals surface area contributed by atoms with E-state index in [2.05, 4.69) is 6.92 Å². The van der Waals surface area contributed by atoms with Crippen LogP contribution < -0.4 is 5.73 Å². The summed E-state index contributed by atoms with van der Waals surface area (Å²) in [5.41, 5.74) is 5.69. The van der Waals surface area contributed by atoms with Gasteiger partial charge in [0, 0.05) is 31.8 Å². The molecule has 0 aromatic rings. The van der Waals surface area contributed by atoms with Gasteiger partial charge in [-0.1, -0.05) is 13.8 Å². The van der Waals surface area contributed by atoms with Crippen LogP contribution in [-0.2, 0) is 14.8 Å². The molecule has 0 amide bonds. The van der Waals surface area contributed by atoms with Gasteiger partial charge in [0.15, 0.2) is 0 Å². The third-order valence-corrected chi connectivity index (χ3v) is 7.87. The van der Waals surface area contributed by atoms with Crippen molar-refractivity contribution in [1.29, 1.82) is 0 Å². The molecule has 0 unspecified atom stereocenters. The largest absolute Gasteiger partial charge is 0.381 e. The van der Waals surface area contributed by atoms with Crippen LogP contribution in [0.5, 0.6) is 0 Å². The molecule has 1 aliphatic carbocycles. The van der Waals surface area contributed by atoms with E-state index in [0.29, 0.717) is 45.1 Å². The maximum Gasteiger partial charge on any atom is 0.217 e. The second-order valence-corrected chi connectivity index (χ2v) is 8.77. The van der Waals surface area contributed by atoms with Crippen molar-refractivity contribution in [3.8, 4) is 0 Å². The Kier molecular flexibility index (Phi) is 5.68. The summed E-state index contributed by atoms with van der Waals surface area (Å²) in [5, 5.41) is -0.297. The molecule has 0 aromatic carbocycles. The Bertz CT molecular complexity index is 424. The van der Waals surface area contributed by atoms with E-state index in [4.69, 9.17) is 10.5 Å². The highest BCUT2D eigenvalue weighted by molar-refractivity contribution is 7.89. The van der Waals surface area contributed by atoms with Crippen molar-refractivity contribution in [2.75, 3.05) is 26.3 Å². The molecule has 5 nitrogen and oxygen atoms in total. The predicted molar refractivity (Wildman–Crippen MR) is 84.6 cm³/mol. The van der Waals surface area contributed by atoms with Crippen molar-refractivity contribution < 1.29 is 13.2 Å². The Hall–Kier alpha value is -0.170. The lowest BCUT2D eigenvalue weighted by atomic mass is 9.77. The molecule has 1 heterocycles. The first-order chi connectivity index (χ1) is 9.96. The molecule has 2 N–H and O–H groups in total. The van der Waals surface area contributed by atoms with Crippen LogP contribution in [0.3, 0.4) is 0 Å². The standard InChI is InChI=1S/C15H30N2O3S/c1-3-17(15(12-16)8-4-13(2)5-9-15)21(18,19)14-6-10-20-11-7-14/h13-14H,3-12,16H2,1-2H3. The van der Waals surface area contributed by atoms with E-state index in [1.807, 2.05) is 6.92 Å². The van der Waals surface area contributed by atoms with Crippen LogP contribution in [0.15, 0.2) is 0 Å². The molecule has 2 fully saturated rings. The van der Waals surface area contributed by atoms with Gasteiger partial charge in [-0.2, -0.15) is 4.31 Å². The summed E-state index contributed by atoms with van der Waals surface area (Å²) >= 11 is 0. The topological polar surface area (TPSA) is 72.6 Å². The summed E-state index contributed by atoms with van der Waals surface area (Å²) in [6.45, 7) is 6.22. The lowest BCUT2D eigenvalue weighted by Gasteiger charge is -2.47. The Morgan fingerprint density at radius 1 is 1.19 bits per heavy atom. The predicted octanol–water partition coefficient (Wildman–Crippen LogP) is 1.72. The summed E-state index contributed by atoms with van der Waals surface area (Å²) in [4.78, 5) is 0. The highest BCUT2D eigenvalue weighted by Gasteiger charge is 2.46. The molecule has 2 rings (SSSR count). The monoisotopic (exact) mass is 318 g/mol. The normalized spacial score (nSPS) is 32.5. The average Bonchev–Trinajstić information content (AvgIpc) is 2.51. The number of ether oxygens (including phenoxy) is 1. The van der Waals surface area contributed by atoms with Crippen LogP contribution in [0, 0.1) is 5.92 Å². The van der Waals surface area contributed by atoms with Crippen molar-refractivity contribution in [2.45, 2.75) is 63.2 Å². The minimum absolute atomic E-state index is 0.297. The smallest absolute Gasteiger partial charge is 0.217 e. The van der Waals surface area contributed by atoms with E-state index in [9.17, 15) is 8.42 Å². The summed E-state index contributed by atoms with van der Waals surface area (Å²) in [6.07, 6.45) is 5.13. The Morgan fingerprint density at radius 3 is 2.24 bits per heavy atom. The highest BCUT2D eigenvalue weighted by Crippen LogP contribution is 2.38. The van der Waals surface area contributed by atoms with Gasteiger partial charge >= 0.3 is 0 Å². The molecular weight excluding hydrogens is 288 g/mol. The van der Waals surface area contributed by atoms with Crippen LogP contribution in [0.25, 0.3) is 0 Å². The number of rotatable bonds is 5. The van der Waals surface area contributed by atoms with Crippen LogP contribution in [0.1, 0.15) is 52.4 Å². The van der Waals surface area contributed by atoms with E-state index in [1.165, 1.54) is 0 Å². The van der Waals surface area contributed by atoms with Crippen molar-refractivity contribution in [2.24, 2.45) is 11.7 Å². The third kappa shape index (κ3) is 3.44. The van der Waals surface area contributed by atoms with Gasteiger partial charge in [-0.25, -0.2) is 8.42 Å². The number of hydrogen-bond acceptors (Lipinski definition) is 4. The molecule has 6 heteroatoms. The first kappa shape index (κ1) is 17.2. The summed E-state index contributed by atoms with van der Waals surface area (Å²) in [6, 6.07) is 0. The molecule has 124 valence electrons. The van der Waals surface area contributed by atoms with Crippen LogP contribution in [0.4, 0.5) is 0 Å². The van der Waals surface area contributed by atoms with Gasteiger partial charge in [0.2, 0.25) is 10.0 Å². The van der Waals surface area contributed by atoms with Crippen molar-refractivity contribution in [1.82, 2.24) is 4.31 Å². The van der Waals surface area contributed by atoms with E-state index in [1.54, 1.807) is 4.31 Å². The van der Waals surface area contributed by atoms with Gasteiger partial charge in [-0.05, 0) is 44.4 Å². The molecule has 21 heavy (non-hydrogen) atoms. The fourth-order valence-corrected chi connectivity index (χ4v) is 6.10. The van der Waals surface area contributed by atoms with Crippen molar-refractivity contribution in [3.63, 3.8) is 0 Å². The first-order valence-corrected chi connectivity index (χ1v) is 9.76. The quantitative estimate of drug-likeness (QED) is 0.838. The molecular formula is C15H30N2O3S. The molecule has 0 atom stereocenters. The summed E-state index contributed by atoms with van der Waals surface area (Å²) in [5.74, 6) is 0.675. The van der Waals surface area contributed by atoms with Gasteiger partial charge in [-0.15, -0.1) is 0 Å². The summed E-state index contributed by atoms with van der Waals surface area (Å²) in [7, 11) is -3.29. The molecule has 0 spiro atoms. The van der Waals surface area contributed by atoms with Crippen LogP contribution in [-0.4, -0.2) is 49.8 Å².